The van der Waals surface area contributed by atoms with Gasteiger partial charge in [0.25, 0.3) is 0 Å². The molecule has 0 atom stereocenters. The van der Waals surface area contributed by atoms with E-state index in [1.165, 1.54) is 22.5 Å². The maximum Gasteiger partial charge on any atom is 0.186 e. The molecule has 0 aliphatic carbocycles. The zero-order valence-electron chi connectivity index (χ0n) is 10.8. The highest BCUT2D eigenvalue weighted by atomic mass is 32.1. The number of carbonyl (C=O) groups excluding carboxylic acids is 1. The summed E-state index contributed by atoms with van der Waals surface area (Å²) in [4.78, 5) is 17.6. The summed E-state index contributed by atoms with van der Waals surface area (Å²) < 4.78 is 0. The molecule has 0 aliphatic rings. The number of nitrogens with zero attached hydrogens (tertiary/aromatic N) is 2. The highest BCUT2D eigenvalue weighted by molar-refractivity contribution is 7.13. The van der Waals surface area contributed by atoms with E-state index < -0.39 is 0 Å². The number of anilines is 1. The van der Waals surface area contributed by atoms with Gasteiger partial charge in [0, 0.05) is 25.9 Å². The fourth-order valence-electron chi connectivity index (χ4n) is 1.71. The standard InChI is InChI=1S/C14H16N2OS/c1-10-6-4-5-7-12(10)8-16(3)14-15-13(9-18-14)11(2)17/h4-7,9H,8H2,1-3H3. The lowest BCUT2D eigenvalue weighted by atomic mass is 10.1. The highest BCUT2D eigenvalue weighted by Crippen LogP contribution is 2.22. The molecular weight excluding hydrogens is 244 g/mol. The van der Waals surface area contributed by atoms with Gasteiger partial charge in [-0.2, -0.15) is 0 Å². The highest BCUT2D eigenvalue weighted by Gasteiger charge is 2.10. The van der Waals surface area contributed by atoms with Crippen LogP contribution < -0.4 is 4.90 Å². The van der Waals surface area contributed by atoms with Crippen LogP contribution >= 0.6 is 11.3 Å². The first-order chi connectivity index (χ1) is 8.58. The Morgan fingerprint density at radius 3 is 2.72 bits per heavy atom. The number of benzene rings is 1. The van der Waals surface area contributed by atoms with Gasteiger partial charge in [0.1, 0.15) is 5.69 Å². The molecule has 2 aromatic rings. The number of carbonyl (C=O) groups is 1. The molecule has 94 valence electrons. The third-order valence-electron chi connectivity index (χ3n) is 2.85. The van der Waals surface area contributed by atoms with Crippen molar-refractivity contribution in [2.75, 3.05) is 11.9 Å². The molecule has 18 heavy (non-hydrogen) atoms. The van der Waals surface area contributed by atoms with Gasteiger partial charge in [-0.15, -0.1) is 11.3 Å². The number of hydrogen-bond donors (Lipinski definition) is 0. The van der Waals surface area contributed by atoms with E-state index in [2.05, 4.69) is 28.9 Å². The molecule has 0 amide bonds. The normalized spacial score (nSPS) is 10.4. The third-order valence-corrected chi connectivity index (χ3v) is 3.80. The van der Waals surface area contributed by atoms with Gasteiger partial charge in [-0.05, 0) is 18.1 Å². The smallest absolute Gasteiger partial charge is 0.186 e. The molecule has 0 saturated heterocycles. The fourth-order valence-corrected chi connectivity index (χ4v) is 2.54. The topological polar surface area (TPSA) is 33.2 Å². The average molecular weight is 260 g/mol. The van der Waals surface area contributed by atoms with E-state index in [1.54, 1.807) is 6.92 Å². The molecule has 0 spiro atoms. The molecule has 0 saturated carbocycles. The maximum absolute atomic E-state index is 11.2. The van der Waals surface area contributed by atoms with Gasteiger partial charge in [0.05, 0.1) is 0 Å². The summed E-state index contributed by atoms with van der Waals surface area (Å²) in [7, 11) is 2.00. The first-order valence-corrected chi connectivity index (χ1v) is 6.68. The number of aromatic nitrogens is 1. The Hall–Kier alpha value is -1.68. The Bertz CT molecular complexity index is 562. The van der Waals surface area contributed by atoms with Crippen molar-refractivity contribution in [2.24, 2.45) is 0 Å². The van der Waals surface area contributed by atoms with E-state index in [1.807, 2.05) is 24.6 Å². The number of thiazole rings is 1. The molecule has 0 radical (unpaired) electrons. The number of ketones is 1. The summed E-state index contributed by atoms with van der Waals surface area (Å²) in [5.41, 5.74) is 3.10. The van der Waals surface area contributed by atoms with Crippen molar-refractivity contribution >= 4 is 22.3 Å². The minimum absolute atomic E-state index is 0.0155. The van der Waals surface area contributed by atoms with Gasteiger partial charge in [0.2, 0.25) is 0 Å². The van der Waals surface area contributed by atoms with Crippen molar-refractivity contribution in [2.45, 2.75) is 20.4 Å². The van der Waals surface area contributed by atoms with E-state index >= 15 is 0 Å². The van der Waals surface area contributed by atoms with Crippen LogP contribution in [0.25, 0.3) is 0 Å². The van der Waals surface area contributed by atoms with Crippen LogP contribution in [0.5, 0.6) is 0 Å². The zero-order valence-corrected chi connectivity index (χ0v) is 11.6. The van der Waals surface area contributed by atoms with Crippen molar-refractivity contribution in [3.63, 3.8) is 0 Å². The van der Waals surface area contributed by atoms with Crippen molar-refractivity contribution in [1.29, 1.82) is 0 Å². The number of hydrogen-bond acceptors (Lipinski definition) is 4. The molecule has 3 nitrogen and oxygen atoms in total. The summed E-state index contributed by atoms with van der Waals surface area (Å²) in [6.45, 7) is 4.45. The monoisotopic (exact) mass is 260 g/mol. The van der Waals surface area contributed by atoms with Crippen LogP contribution in [0.2, 0.25) is 0 Å². The fraction of sp³-hybridized carbons (Fsp3) is 0.286. The second-order valence-electron chi connectivity index (χ2n) is 4.35. The molecular formula is C14H16N2OS. The summed E-state index contributed by atoms with van der Waals surface area (Å²) in [6, 6.07) is 8.30. The summed E-state index contributed by atoms with van der Waals surface area (Å²) in [6.07, 6.45) is 0. The summed E-state index contributed by atoms with van der Waals surface area (Å²) in [5.74, 6) is 0.0155. The van der Waals surface area contributed by atoms with Crippen LogP contribution in [0.1, 0.15) is 28.5 Å². The molecule has 0 bridgehead atoms. The lowest BCUT2D eigenvalue weighted by Crippen LogP contribution is -2.17. The first-order valence-electron chi connectivity index (χ1n) is 5.80. The van der Waals surface area contributed by atoms with Crippen LogP contribution in [0.4, 0.5) is 5.13 Å². The van der Waals surface area contributed by atoms with Crippen LogP contribution in [-0.4, -0.2) is 17.8 Å². The largest absolute Gasteiger partial charge is 0.347 e. The molecule has 0 fully saturated rings. The Morgan fingerprint density at radius 1 is 1.39 bits per heavy atom. The molecule has 0 N–H and O–H groups in total. The van der Waals surface area contributed by atoms with Gasteiger partial charge in [-0.3, -0.25) is 4.79 Å². The van der Waals surface area contributed by atoms with Crippen molar-refractivity contribution in [1.82, 2.24) is 4.98 Å². The number of Topliss-reactive ketones (excluding diaryl/α,β-unsaturated/α-hetero) is 1. The van der Waals surface area contributed by atoms with Gasteiger partial charge >= 0.3 is 0 Å². The van der Waals surface area contributed by atoms with Gasteiger partial charge < -0.3 is 4.90 Å². The van der Waals surface area contributed by atoms with E-state index in [4.69, 9.17) is 0 Å². The predicted octanol–water partition coefficient (Wildman–Crippen LogP) is 3.29. The Kier molecular flexibility index (Phi) is 3.77. The van der Waals surface area contributed by atoms with Crippen LogP contribution in [-0.2, 0) is 6.54 Å². The van der Waals surface area contributed by atoms with Crippen molar-refractivity contribution in [3.05, 3.63) is 46.5 Å². The predicted molar refractivity (Wildman–Crippen MR) is 75.4 cm³/mol. The van der Waals surface area contributed by atoms with E-state index in [9.17, 15) is 4.79 Å². The molecule has 0 unspecified atom stereocenters. The van der Waals surface area contributed by atoms with Crippen LogP contribution in [0.3, 0.4) is 0 Å². The van der Waals surface area contributed by atoms with Crippen LogP contribution in [0, 0.1) is 6.92 Å². The van der Waals surface area contributed by atoms with Crippen molar-refractivity contribution in [3.8, 4) is 0 Å². The molecule has 1 aromatic heterocycles. The third kappa shape index (κ3) is 2.76. The maximum atomic E-state index is 11.2. The van der Waals surface area contributed by atoms with E-state index in [0.717, 1.165) is 11.7 Å². The SMILES string of the molecule is CC(=O)c1csc(N(C)Cc2ccccc2C)n1. The molecule has 1 heterocycles. The lowest BCUT2D eigenvalue weighted by molar-refractivity contribution is 0.101. The minimum Gasteiger partial charge on any atom is -0.347 e. The summed E-state index contributed by atoms with van der Waals surface area (Å²) >= 11 is 1.51. The second-order valence-corrected chi connectivity index (χ2v) is 5.19. The Balaban J connectivity index is 2.14. The summed E-state index contributed by atoms with van der Waals surface area (Å²) in [5, 5.41) is 2.69. The van der Waals surface area contributed by atoms with E-state index in [0.29, 0.717) is 5.69 Å². The van der Waals surface area contributed by atoms with Gasteiger partial charge in [-0.1, -0.05) is 24.3 Å². The Labute approximate surface area is 111 Å². The zero-order chi connectivity index (χ0) is 13.1. The van der Waals surface area contributed by atoms with E-state index in [-0.39, 0.29) is 5.78 Å². The quantitative estimate of drug-likeness (QED) is 0.791. The molecule has 4 heteroatoms. The molecule has 2 rings (SSSR count). The van der Waals surface area contributed by atoms with Crippen LogP contribution in [0.15, 0.2) is 29.6 Å². The molecule has 0 aliphatic heterocycles. The van der Waals surface area contributed by atoms with Gasteiger partial charge in [0.15, 0.2) is 10.9 Å². The Morgan fingerprint density at radius 2 is 2.11 bits per heavy atom. The number of aryl methyl sites for hydroxylation is 1. The second kappa shape index (κ2) is 5.31. The number of rotatable bonds is 4. The van der Waals surface area contributed by atoms with Gasteiger partial charge in [-0.25, -0.2) is 4.98 Å². The average Bonchev–Trinajstić information content (AvgIpc) is 2.81. The molecule has 1 aromatic carbocycles. The minimum atomic E-state index is 0.0155. The van der Waals surface area contributed by atoms with Crippen molar-refractivity contribution < 1.29 is 4.79 Å². The lowest BCUT2D eigenvalue weighted by Gasteiger charge is -2.17. The first kappa shape index (κ1) is 12.8.